The number of hydrogen-bond acceptors (Lipinski definition) is 5. The van der Waals surface area contributed by atoms with Gasteiger partial charge in [0.15, 0.2) is 5.78 Å². The minimum Gasteiger partial charge on any atom is -0.497 e. The molecule has 0 fully saturated rings. The smallest absolute Gasteiger partial charge is 0.307 e. The number of ether oxygens (including phenoxy) is 2. The van der Waals surface area contributed by atoms with Gasteiger partial charge in [0.25, 0.3) is 0 Å². The molecule has 0 aliphatic carbocycles. The summed E-state index contributed by atoms with van der Waals surface area (Å²) in [5.41, 5.74) is 1.50. The zero-order chi connectivity index (χ0) is 20.4. The van der Waals surface area contributed by atoms with Gasteiger partial charge < -0.3 is 14.4 Å². The van der Waals surface area contributed by atoms with Crippen LogP contribution in [0.2, 0.25) is 0 Å². The predicted molar refractivity (Wildman–Crippen MR) is 105 cm³/mol. The summed E-state index contributed by atoms with van der Waals surface area (Å²) < 4.78 is 9.81. The number of nitrogens with zero attached hydrogens (tertiary/aromatic N) is 1. The lowest BCUT2D eigenvalue weighted by Crippen LogP contribution is -2.33. The summed E-state index contributed by atoms with van der Waals surface area (Å²) >= 11 is 0. The molecule has 1 amide bonds. The molecule has 0 atom stereocenters. The van der Waals surface area contributed by atoms with Gasteiger partial charge in [-0.15, -0.1) is 0 Å². The molecule has 0 unspecified atom stereocenters. The van der Waals surface area contributed by atoms with Gasteiger partial charge in [-0.05, 0) is 17.7 Å². The Morgan fingerprint density at radius 3 is 2.14 bits per heavy atom. The van der Waals surface area contributed by atoms with E-state index in [1.165, 1.54) is 7.11 Å². The van der Waals surface area contributed by atoms with Gasteiger partial charge in [-0.25, -0.2) is 0 Å². The normalized spacial score (nSPS) is 10.2. The number of ketones is 1. The van der Waals surface area contributed by atoms with Crippen LogP contribution in [0.4, 0.5) is 0 Å². The van der Waals surface area contributed by atoms with Crippen molar-refractivity contribution in [2.45, 2.75) is 25.8 Å². The summed E-state index contributed by atoms with van der Waals surface area (Å²) in [6.07, 6.45) is 0.316. The summed E-state index contributed by atoms with van der Waals surface area (Å²) in [5.74, 6) is 0.0906. The molecule has 2 aromatic carbocycles. The molecule has 0 radical (unpaired) electrons. The lowest BCUT2D eigenvalue weighted by atomic mass is 10.1. The monoisotopic (exact) mass is 383 g/mol. The van der Waals surface area contributed by atoms with E-state index >= 15 is 0 Å². The summed E-state index contributed by atoms with van der Waals surface area (Å²) in [6.45, 7) is 0.580. The fourth-order valence-corrected chi connectivity index (χ4v) is 2.72. The summed E-state index contributed by atoms with van der Waals surface area (Å²) in [4.78, 5) is 38.0. The highest BCUT2D eigenvalue weighted by atomic mass is 16.5. The molecule has 0 saturated carbocycles. The van der Waals surface area contributed by atoms with Crippen LogP contribution in [-0.2, 0) is 20.9 Å². The number of amides is 1. The molecule has 0 N–H and O–H groups in total. The number of hydrogen-bond donors (Lipinski definition) is 0. The Bertz CT molecular complexity index is 786. The molecular weight excluding hydrogens is 358 g/mol. The molecular formula is C22H25NO5. The Labute approximate surface area is 165 Å². The molecule has 0 heterocycles. The van der Waals surface area contributed by atoms with E-state index in [9.17, 15) is 14.4 Å². The zero-order valence-electron chi connectivity index (χ0n) is 16.2. The van der Waals surface area contributed by atoms with Crippen molar-refractivity contribution in [3.8, 4) is 5.75 Å². The van der Waals surface area contributed by atoms with Crippen molar-refractivity contribution in [3.63, 3.8) is 0 Å². The molecule has 2 rings (SSSR count). The van der Waals surface area contributed by atoms with Gasteiger partial charge in [-0.3, -0.25) is 14.4 Å². The first-order valence-corrected chi connectivity index (χ1v) is 9.09. The fraction of sp³-hybridized carbons (Fsp3) is 0.318. The fourth-order valence-electron chi connectivity index (χ4n) is 2.72. The molecule has 6 nitrogen and oxygen atoms in total. The zero-order valence-corrected chi connectivity index (χ0v) is 16.2. The maximum atomic E-state index is 12.7. The second-order valence-corrected chi connectivity index (χ2v) is 6.28. The predicted octanol–water partition coefficient (Wildman–Crippen LogP) is 3.25. The largest absolute Gasteiger partial charge is 0.497 e. The van der Waals surface area contributed by atoms with Crippen molar-refractivity contribution in [1.29, 1.82) is 0 Å². The first-order valence-electron chi connectivity index (χ1n) is 9.09. The van der Waals surface area contributed by atoms with Gasteiger partial charge >= 0.3 is 5.97 Å². The van der Waals surface area contributed by atoms with Crippen molar-refractivity contribution >= 4 is 17.7 Å². The standard InChI is InChI=1S/C22H25NO5/c1-27-19-10-8-17(9-11-19)16-23(15-14-22(26)28-2)21(25)13-12-20(24)18-6-4-3-5-7-18/h3-11H,12-16H2,1-2H3. The van der Waals surface area contributed by atoms with E-state index in [1.54, 1.807) is 36.3 Å². The van der Waals surface area contributed by atoms with E-state index in [-0.39, 0.29) is 43.5 Å². The highest BCUT2D eigenvalue weighted by Crippen LogP contribution is 2.15. The van der Waals surface area contributed by atoms with Gasteiger partial charge in [-0.1, -0.05) is 42.5 Å². The lowest BCUT2D eigenvalue weighted by Gasteiger charge is -2.22. The number of rotatable bonds is 10. The van der Waals surface area contributed by atoms with Crippen molar-refractivity contribution in [3.05, 3.63) is 65.7 Å². The van der Waals surface area contributed by atoms with Crippen LogP contribution in [0.25, 0.3) is 0 Å². The number of methoxy groups -OCH3 is 2. The Morgan fingerprint density at radius 2 is 1.54 bits per heavy atom. The van der Waals surface area contributed by atoms with Crippen LogP contribution < -0.4 is 4.74 Å². The summed E-state index contributed by atoms with van der Waals surface area (Å²) in [6, 6.07) is 16.3. The van der Waals surface area contributed by atoms with Crippen molar-refractivity contribution in [2.24, 2.45) is 0 Å². The first kappa shape index (κ1) is 21.2. The molecule has 0 aliphatic heterocycles. The Kier molecular flexibility index (Phi) is 8.21. The topological polar surface area (TPSA) is 72.9 Å². The number of benzene rings is 2. The highest BCUT2D eigenvalue weighted by Gasteiger charge is 2.17. The van der Waals surface area contributed by atoms with Crippen LogP contribution in [-0.4, -0.2) is 43.3 Å². The first-order chi connectivity index (χ1) is 13.5. The number of carbonyl (C=O) groups excluding carboxylic acids is 3. The Balaban J connectivity index is 2.00. The molecule has 28 heavy (non-hydrogen) atoms. The van der Waals surface area contributed by atoms with E-state index in [1.807, 2.05) is 30.3 Å². The van der Waals surface area contributed by atoms with Crippen LogP contribution >= 0.6 is 0 Å². The molecule has 0 aromatic heterocycles. The maximum absolute atomic E-state index is 12.7. The van der Waals surface area contributed by atoms with Gasteiger partial charge in [0.05, 0.1) is 20.6 Å². The average molecular weight is 383 g/mol. The van der Waals surface area contributed by atoms with Crippen molar-refractivity contribution < 1.29 is 23.9 Å². The van der Waals surface area contributed by atoms with E-state index in [4.69, 9.17) is 4.74 Å². The van der Waals surface area contributed by atoms with E-state index in [0.29, 0.717) is 12.1 Å². The molecule has 0 spiro atoms. The third-order valence-electron chi connectivity index (χ3n) is 4.36. The summed E-state index contributed by atoms with van der Waals surface area (Å²) in [7, 11) is 2.90. The molecule has 0 aliphatic rings. The number of carbonyl (C=O) groups is 3. The maximum Gasteiger partial charge on any atom is 0.307 e. The SMILES string of the molecule is COC(=O)CCN(Cc1ccc(OC)cc1)C(=O)CCC(=O)c1ccccc1. The van der Waals surface area contributed by atoms with Gasteiger partial charge in [0, 0.05) is 31.5 Å². The van der Waals surface area contributed by atoms with Gasteiger partial charge in [-0.2, -0.15) is 0 Å². The molecule has 0 bridgehead atoms. The summed E-state index contributed by atoms with van der Waals surface area (Å²) in [5, 5.41) is 0. The average Bonchev–Trinajstić information content (AvgIpc) is 2.75. The Morgan fingerprint density at radius 1 is 0.857 bits per heavy atom. The third kappa shape index (κ3) is 6.54. The highest BCUT2D eigenvalue weighted by molar-refractivity contribution is 5.97. The van der Waals surface area contributed by atoms with E-state index in [0.717, 1.165) is 11.3 Å². The third-order valence-corrected chi connectivity index (χ3v) is 4.36. The Hall–Kier alpha value is -3.15. The van der Waals surface area contributed by atoms with Gasteiger partial charge in [0.1, 0.15) is 5.75 Å². The minimum absolute atomic E-state index is 0.0775. The van der Waals surface area contributed by atoms with E-state index in [2.05, 4.69) is 4.74 Å². The van der Waals surface area contributed by atoms with Crippen molar-refractivity contribution in [2.75, 3.05) is 20.8 Å². The lowest BCUT2D eigenvalue weighted by molar-refractivity contribution is -0.142. The van der Waals surface area contributed by atoms with Crippen LogP contribution in [0.1, 0.15) is 35.2 Å². The number of Topliss-reactive ketones (excluding diaryl/α,β-unsaturated/α-hetero) is 1. The van der Waals surface area contributed by atoms with Crippen molar-refractivity contribution in [1.82, 2.24) is 4.90 Å². The second kappa shape index (κ2) is 10.9. The van der Waals surface area contributed by atoms with Crippen LogP contribution in [0.5, 0.6) is 5.75 Å². The number of esters is 1. The minimum atomic E-state index is -0.382. The quantitative estimate of drug-likeness (QED) is 0.465. The molecule has 148 valence electrons. The molecule has 6 heteroatoms. The van der Waals surface area contributed by atoms with Crippen LogP contribution in [0, 0.1) is 0 Å². The molecule has 0 saturated heterocycles. The van der Waals surface area contributed by atoms with Crippen LogP contribution in [0.15, 0.2) is 54.6 Å². The van der Waals surface area contributed by atoms with Gasteiger partial charge in [0.2, 0.25) is 5.91 Å². The van der Waals surface area contributed by atoms with Crippen LogP contribution in [0.3, 0.4) is 0 Å². The van der Waals surface area contributed by atoms with E-state index < -0.39 is 0 Å². The second-order valence-electron chi connectivity index (χ2n) is 6.28. The molecule has 2 aromatic rings.